The molecule has 29 heavy (non-hydrogen) atoms. The van der Waals surface area contributed by atoms with Gasteiger partial charge in [0.25, 0.3) is 0 Å². The highest BCUT2D eigenvalue weighted by Gasteiger charge is 2.26. The maximum absolute atomic E-state index is 12.4. The molecule has 3 aromatic carbocycles. The lowest BCUT2D eigenvalue weighted by Gasteiger charge is -2.09. The van der Waals surface area contributed by atoms with Gasteiger partial charge in [0.1, 0.15) is 5.75 Å². The third-order valence-electron chi connectivity index (χ3n) is 5.06. The molecule has 4 rings (SSSR count). The lowest BCUT2D eigenvalue weighted by atomic mass is 9.79. The molecule has 0 saturated carbocycles. The Kier molecular flexibility index (Phi) is 5.65. The fourth-order valence-corrected chi connectivity index (χ4v) is 3.50. The number of hydrogen-bond acceptors (Lipinski definition) is 4. The summed E-state index contributed by atoms with van der Waals surface area (Å²) in [4.78, 5) is 12.4. The fraction of sp³-hybridized carbons (Fsp3) is 0.174. The number of anilines is 1. The number of carbonyl (C=O) groups is 1. The van der Waals surface area contributed by atoms with Crippen LogP contribution in [0.5, 0.6) is 5.75 Å². The predicted octanol–water partition coefficient (Wildman–Crippen LogP) is 3.15. The van der Waals surface area contributed by atoms with Crippen molar-refractivity contribution in [1.82, 2.24) is 0 Å². The van der Waals surface area contributed by atoms with Gasteiger partial charge in [-0.05, 0) is 58.4 Å². The van der Waals surface area contributed by atoms with Gasteiger partial charge in [0.2, 0.25) is 5.91 Å². The number of fused-ring (bicyclic) bond motifs is 1. The molecule has 0 atom stereocenters. The van der Waals surface area contributed by atoms with Crippen LogP contribution in [0.4, 0.5) is 5.69 Å². The Balaban J connectivity index is 1.39. The van der Waals surface area contributed by atoms with Gasteiger partial charge in [-0.1, -0.05) is 42.5 Å². The van der Waals surface area contributed by atoms with Gasteiger partial charge >= 0.3 is 7.12 Å². The van der Waals surface area contributed by atoms with Gasteiger partial charge in [0.15, 0.2) is 0 Å². The van der Waals surface area contributed by atoms with Gasteiger partial charge in [-0.15, -0.1) is 0 Å². The van der Waals surface area contributed by atoms with Gasteiger partial charge in [0, 0.05) is 12.1 Å². The molecule has 3 aromatic rings. The summed E-state index contributed by atoms with van der Waals surface area (Å²) in [6, 6.07) is 21.4. The van der Waals surface area contributed by atoms with Crippen LogP contribution < -0.4 is 15.5 Å². The quantitative estimate of drug-likeness (QED) is 0.638. The molecule has 0 radical (unpaired) electrons. The van der Waals surface area contributed by atoms with Gasteiger partial charge in [-0.2, -0.15) is 0 Å². The predicted molar refractivity (Wildman–Crippen MR) is 114 cm³/mol. The van der Waals surface area contributed by atoms with Crippen LogP contribution in [0.15, 0.2) is 66.7 Å². The van der Waals surface area contributed by atoms with Crippen LogP contribution in [0.1, 0.15) is 17.5 Å². The standard InChI is InChI=1S/C23H22BNO4/c1-28-21-7-3-5-18(14-21)17-4-2-6-20(13-17)25-23(26)11-9-16-8-10-22-19(12-16)15-29-24(22)27/h2-8,10,12-14,27H,9,11,15H2,1H3,(H,25,26). The van der Waals surface area contributed by atoms with E-state index in [9.17, 15) is 9.82 Å². The SMILES string of the molecule is COc1cccc(-c2cccc(NC(=O)CCc3ccc4c(c3)COB4O)c2)c1. The minimum atomic E-state index is -0.834. The first kappa shape index (κ1) is 19.2. The number of nitrogens with one attached hydrogen (secondary N) is 1. The number of hydrogen-bond donors (Lipinski definition) is 2. The highest BCUT2D eigenvalue weighted by atomic mass is 16.5. The number of rotatable bonds is 6. The zero-order chi connectivity index (χ0) is 20.2. The van der Waals surface area contributed by atoms with Crippen molar-refractivity contribution in [3.63, 3.8) is 0 Å². The van der Waals surface area contributed by atoms with E-state index in [2.05, 4.69) is 5.32 Å². The summed E-state index contributed by atoms with van der Waals surface area (Å²) in [6.45, 7) is 0.410. The van der Waals surface area contributed by atoms with E-state index in [4.69, 9.17) is 9.39 Å². The lowest BCUT2D eigenvalue weighted by molar-refractivity contribution is -0.116. The van der Waals surface area contributed by atoms with Crippen molar-refractivity contribution >= 4 is 24.2 Å². The number of ether oxygens (including phenoxy) is 1. The Morgan fingerprint density at radius 2 is 1.90 bits per heavy atom. The number of amides is 1. The second-order valence-corrected chi connectivity index (χ2v) is 7.06. The fourth-order valence-electron chi connectivity index (χ4n) is 3.50. The summed E-state index contributed by atoms with van der Waals surface area (Å²) >= 11 is 0. The van der Waals surface area contributed by atoms with Crippen molar-refractivity contribution in [2.24, 2.45) is 0 Å². The highest BCUT2D eigenvalue weighted by Crippen LogP contribution is 2.26. The zero-order valence-electron chi connectivity index (χ0n) is 16.2. The number of aryl methyl sites for hydroxylation is 1. The van der Waals surface area contributed by atoms with Gasteiger partial charge in [-0.3, -0.25) is 4.79 Å². The first-order chi connectivity index (χ1) is 14.1. The molecule has 1 heterocycles. The highest BCUT2D eigenvalue weighted by molar-refractivity contribution is 6.61. The Morgan fingerprint density at radius 3 is 2.72 bits per heavy atom. The molecule has 2 N–H and O–H groups in total. The molecule has 0 bridgehead atoms. The van der Waals surface area contributed by atoms with Crippen molar-refractivity contribution in [2.45, 2.75) is 19.4 Å². The van der Waals surface area contributed by atoms with Gasteiger partial charge in [-0.25, -0.2) is 0 Å². The van der Waals surface area contributed by atoms with Crippen molar-refractivity contribution < 1.29 is 19.2 Å². The van der Waals surface area contributed by atoms with Crippen LogP contribution in [0, 0.1) is 0 Å². The minimum Gasteiger partial charge on any atom is -0.497 e. The summed E-state index contributed by atoms with van der Waals surface area (Å²) in [5.74, 6) is 0.758. The van der Waals surface area contributed by atoms with E-state index in [1.165, 1.54) is 0 Å². The Morgan fingerprint density at radius 1 is 1.10 bits per heavy atom. The monoisotopic (exact) mass is 387 g/mol. The van der Waals surface area contributed by atoms with E-state index in [-0.39, 0.29) is 5.91 Å². The lowest BCUT2D eigenvalue weighted by Crippen LogP contribution is -2.27. The summed E-state index contributed by atoms with van der Waals surface area (Å²) in [7, 11) is 0.811. The zero-order valence-corrected chi connectivity index (χ0v) is 16.2. The molecule has 0 spiro atoms. The normalized spacial score (nSPS) is 12.6. The maximum Gasteiger partial charge on any atom is 0.491 e. The third-order valence-corrected chi connectivity index (χ3v) is 5.06. The molecular weight excluding hydrogens is 365 g/mol. The van der Waals surface area contributed by atoms with Crippen molar-refractivity contribution in [3.8, 4) is 16.9 Å². The summed E-state index contributed by atoms with van der Waals surface area (Å²) < 4.78 is 10.5. The molecule has 0 fully saturated rings. The smallest absolute Gasteiger partial charge is 0.491 e. The van der Waals surface area contributed by atoms with Crippen molar-refractivity contribution in [1.29, 1.82) is 0 Å². The largest absolute Gasteiger partial charge is 0.497 e. The minimum absolute atomic E-state index is 0.0374. The Labute approximate surface area is 170 Å². The van der Waals surface area contributed by atoms with Crippen LogP contribution in [-0.2, 0) is 22.5 Å². The Bertz CT molecular complexity index is 1040. The first-order valence-corrected chi connectivity index (χ1v) is 9.58. The molecule has 0 unspecified atom stereocenters. The van der Waals surface area contributed by atoms with Crippen molar-refractivity contribution in [2.75, 3.05) is 12.4 Å². The van der Waals surface area contributed by atoms with Crippen molar-refractivity contribution in [3.05, 3.63) is 77.9 Å². The van der Waals surface area contributed by atoms with E-state index in [0.29, 0.717) is 19.4 Å². The van der Waals surface area contributed by atoms with Crippen LogP contribution in [-0.4, -0.2) is 25.2 Å². The van der Waals surface area contributed by atoms with Crippen LogP contribution in [0.2, 0.25) is 0 Å². The third kappa shape index (κ3) is 4.50. The molecule has 146 valence electrons. The van der Waals surface area contributed by atoms with Crippen LogP contribution in [0.25, 0.3) is 11.1 Å². The van der Waals surface area contributed by atoms with E-state index in [1.807, 2.05) is 66.7 Å². The summed E-state index contributed by atoms with van der Waals surface area (Å²) in [6.07, 6.45) is 1.01. The van der Waals surface area contributed by atoms with E-state index >= 15 is 0 Å². The Hall–Kier alpha value is -3.09. The molecule has 0 aromatic heterocycles. The number of carbonyl (C=O) groups excluding carboxylic acids is 1. The molecule has 5 nitrogen and oxygen atoms in total. The van der Waals surface area contributed by atoms with E-state index < -0.39 is 7.12 Å². The van der Waals surface area contributed by atoms with Gasteiger partial charge < -0.3 is 19.7 Å². The van der Waals surface area contributed by atoms with E-state index in [1.54, 1.807) is 7.11 Å². The molecule has 1 amide bonds. The maximum atomic E-state index is 12.4. The van der Waals surface area contributed by atoms with E-state index in [0.717, 1.165) is 39.2 Å². The second kappa shape index (κ2) is 8.51. The molecule has 0 saturated heterocycles. The topological polar surface area (TPSA) is 67.8 Å². The summed E-state index contributed by atoms with van der Waals surface area (Å²) in [5.41, 5.74) is 5.67. The second-order valence-electron chi connectivity index (χ2n) is 7.06. The number of benzene rings is 3. The molecule has 1 aliphatic rings. The average Bonchev–Trinajstić information content (AvgIpc) is 3.12. The number of methoxy groups -OCH3 is 1. The molecule has 1 aliphatic heterocycles. The summed E-state index contributed by atoms with van der Waals surface area (Å²) in [5, 5.41) is 12.7. The van der Waals surface area contributed by atoms with Gasteiger partial charge in [0.05, 0.1) is 13.7 Å². The molecule has 0 aliphatic carbocycles. The van der Waals surface area contributed by atoms with Crippen LogP contribution in [0.3, 0.4) is 0 Å². The molecule has 6 heteroatoms. The van der Waals surface area contributed by atoms with Crippen LogP contribution >= 0.6 is 0 Å². The molecular formula is C23H22BNO4. The average molecular weight is 387 g/mol. The first-order valence-electron chi connectivity index (χ1n) is 9.58.